The number of halogens is 1. The number of carboxylic acid groups (broad SMARTS) is 1. The van der Waals surface area contributed by atoms with Gasteiger partial charge in [0, 0.05) is 6.04 Å². The first-order valence-corrected chi connectivity index (χ1v) is 3.68. The lowest BCUT2D eigenvalue weighted by Crippen LogP contribution is -2.06. The van der Waals surface area contributed by atoms with E-state index in [-0.39, 0.29) is 18.3 Å². The predicted molar refractivity (Wildman–Crippen MR) is 42.6 cm³/mol. The molecule has 0 spiro atoms. The summed E-state index contributed by atoms with van der Waals surface area (Å²) in [5, 5.41) is 8.55. The minimum absolute atomic E-state index is 0. The maximum Gasteiger partial charge on any atom is 0.306 e. The smallest absolute Gasteiger partial charge is 0.306 e. The summed E-state index contributed by atoms with van der Waals surface area (Å²) < 4.78 is 0. The Morgan fingerprint density at radius 1 is 1.36 bits per heavy atom. The third kappa shape index (κ3) is 1.49. The van der Waals surface area contributed by atoms with E-state index in [1.54, 1.807) is 0 Å². The zero-order valence-corrected chi connectivity index (χ0v) is 6.88. The molecule has 2 saturated carbocycles. The monoisotopic (exact) mass is 177 g/mol. The van der Waals surface area contributed by atoms with Crippen LogP contribution >= 0.6 is 12.4 Å². The van der Waals surface area contributed by atoms with Gasteiger partial charge in [-0.25, -0.2) is 0 Å². The molecule has 0 bridgehead atoms. The summed E-state index contributed by atoms with van der Waals surface area (Å²) in [6.07, 6.45) is 1.92. The number of carboxylic acids is 1. The molecule has 4 heteroatoms. The van der Waals surface area contributed by atoms with E-state index in [1.165, 1.54) is 0 Å². The van der Waals surface area contributed by atoms with Crippen LogP contribution in [0, 0.1) is 17.8 Å². The molecule has 0 aromatic rings. The van der Waals surface area contributed by atoms with Gasteiger partial charge in [-0.15, -0.1) is 12.4 Å². The molecule has 2 fully saturated rings. The standard InChI is InChI=1S/C7H11NO2.ClH/c8-6-2-4(6)3-1-5(3)7(9)10;/h3-6H,1-2,8H2,(H,9,10);1H. The molecule has 3 nitrogen and oxygen atoms in total. The van der Waals surface area contributed by atoms with Crippen molar-refractivity contribution >= 4 is 18.4 Å². The first-order valence-electron chi connectivity index (χ1n) is 3.68. The summed E-state index contributed by atoms with van der Waals surface area (Å²) in [4.78, 5) is 10.4. The molecule has 0 aliphatic heterocycles. The number of rotatable bonds is 2. The van der Waals surface area contributed by atoms with Crippen LogP contribution in [0.4, 0.5) is 0 Å². The van der Waals surface area contributed by atoms with E-state index in [4.69, 9.17) is 10.8 Å². The highest BCUT2D eigenvalue weighted by atomic mass is 35.5. The van der Waals surface area contributed by atoms with Crippen LogP contribution in [0.5, 0.6) is 0 Å². The second kappa shape index (κ2) is 2.64. The molecule has 0 radical (unpaired) electrons. The van der Waals surface area contributed by atoms with Gasteiger partial charge in [-0.05, 0) is 24.7 Å². The molecule has 11 heavy (non-hydrogen) atoms. The van der Waals surface area contributed by atoms with Crippen molar-refractivity contribution in [1.29, 1.82) is 0 Å². The second-order valence-electron chi connectivity index (χ2n) is 3.41. The van der Waals surface area contributed by atoms with Crippen molar-refractivity contribution in [2.75, 3.05) is 0 Å². The van der Waals surface area contributed by atoms with Crippen LogP contribution in [0.15, 0.2) is 0 Å². The lowest BCUT2D eigenvalue weighted by Gasteiger charge is -1.89. The zero-order chi connectivity index (χ0) is 7.30. The molecule has 2 rings (SSSR count). The lowest BCUT2D eigenvalue weighted by molar-refractivity contribution is -0.138. The van der Waals surface area contributed by atoms with Gasteiger partial charge in [-0.1, -0.05) is 0 Å². The van der Waals surface area contributed by atoms with Gasteiger partial charge in [-0.3, -0.25) is 4.79 Å². The Kier molecular flexibility index (Phi) is 2.12. The number of hydrogen-bond acceptors (Lipinski definition) is 2. The Balaban J connectivity index is 0.000000605. The topological polar surface area (TPSA) is 63.3 Å². The van der Waals surface area contributed by atoms with Gasteiger partial charge >= 0.3 is 5.97 Å². The minimum Gasteiger partial charge on any atom is -0.481 e. The van der Waals surface area contributed by atoms with E-state index in [0.29, 0.717) is 17.9 Å². The van der Waals surface area contributed by atoms with Gasteiger partial charge in [0.25, 0.3) is 0 Å². The van der Waals surface area contributed by atoms with Crippen LogP contribution in [0.3, 0.4) is 0 Å². The Hall–Kier alpha value is -0.280. The van der Waals surface area contributed by atoms with Crippen LogP contribution in [0.25, 0.3) is 0 Å². The number of nitrogens with two attached hydrogens (primary N) is 1. The van der Waals surface area contributed by atoms with E-state index >= 15 is 0 Å². The fourth-order valence-corrected chi connectivity index (χ4v) is 1.70. The number of carbonyl (C=O) groups is 1. The molecule has 4 unspecified atom stereocenters. The van der Waals surface area contributed by atoms with Crippen molar-refractivity contribution in [2.45, 2.75) is 18.9 Å². The molecule has 4 atom stereocenters. The zero-order valence-electron chi connectivity index (χ0n) is 6.06. The third-order valence-corrected chi connectivity index (χ3v) is 2.60. The molecule has 0 heterocycles. The molecule has 0 aromatic carbocycles. The molecular formula is C7H12ClNO2. The number of hydrogen-bond donors (Lipinski definition) is 2. The maximum absolute atomic E-state index is 10.4. The summed E-state index contributed by atoms with van der Waals surface area (Å²) >= 11 is 0. The van der Waals surface area contributed by atoms with Crippen LogP contribution in [-0.2, 0) is 4.79 Å². The Morgan fingerprint density at radius 3 is 2.18 bits per heavy atom. The van der Waals surface area contributed by atoms with Crippen LogP contribution < -0.4 is 5.73 Å². The second-order valence-corrected chi connectivity index (χ2v) is 3.41. The minimum atomic E-state index is -0.635. The van der Waals surface area contributed by atoms with Crippen molar-refractivity contribution in [3.8, 4) is 0 Å². The SMILES string of the molecule is Cl.NC1CC1C1CC1C(=O)O. The van der Waals surface area contributed by atoms with Crippen LogP contribution in [-0.4, -0.2) is 17.1 Å². The largest absolute Gasteiger partial charge is 0.481 e. The first-order chi connectivity index (χ1) is 4.70. The van der Waals surface area contributed by atoms with Gasteiger partial charge in [0.15, 0.2) is 0 Å². The molecule has 2 aliphatic rings. The Morgan fingerprint density at radius 2 is 1.91 bits per heavy atom. The molecule has 0 saturated heterocycles. The maximum atomic E-state index is 10.4. The van der Waals surface area contributed by atoms with E-state index in [0.717, 1.165) is 12.8 Å². The summed E-state index contributed by atoms with van der Waals surface area (Å²) in [6.45, 7) is 0. The van der Waals surface area contributed by atoms with Crippen molar-refractivity contribution in [3.63, 3.8) is 0 Å². The van der Waals surface area contributed by atoms with Gasteiger partial charge in [0.2, 0.25) is 0 Å². The van der Waals surface area contributed by atoms with Crippen LogP contribution in [0.2, 0.25) is 0 Å². The molecular weight excluding hydrogens is 166 g/mol. The van der Waals surface area contributed by atoms with E-state index in [1.807, 2.05) is 0 Å². The third-order valence-electron chi connectivity index (χ3n) is 2.60. The van der Waals surface area contributed by atoms with Crippen molar-refractivity contribution in [3.05, 3.63) is 0 Å². The summed E-state index contributed by atoms with van der Waals surface area (Å²) in [7, 11) is 0. The van der Waals surface area contributed by atoms with E-state index < -0.39 is 5.97 Å². The summed E-state index contributed by atoms with van der Waals surface area (Å²) in [5.74, 6) is 0.274. The fraction of sp³-hybridized carbons (Fsp3) is 0.857. The summed E-state index contributed by atoms with van der Waals surface area (Å²) in [6, 6.07) is 0.314. The average molecular weight is 178 g/mol. The highest BCUT2D eigenvalue weighted by Gasteiger charge is 2.55. The summed E-state index contributed by atoms with van der Waals surface area (Å²) in [5.41, 5.74) is 5.58. The van der Waals surface area contributed by atoms with Crippen LogP contribution in [0.1, 0.15) is 12.8 Å². The molecule has 0 aromatic heterocycles. The Labute approximate surface area is 71.4 Å². The van der Waals surface area contributed by atoms with Gasteiger partial charge in [0.1, 0.15) is 0 Å². The van der Waals surface area contributed by atoms with Crippen molar-refractivity contribution in [1.82, 2.24) is 0 Å². The fourth-order valence-electron chi connectivity index (χ4n) is 1.70. The highest BCUT2D eigenvalue weighted by Crippen LogP contribution is 2.53. The molecule has 0 amide bonds. The molecule has 64 valence electrons. The highest BCUT2D eigenvalue weighted by molar-refractivity contribution is 5.85. The van der Waals surface area contributed by atoms with Gasteiger partial charge < -0.3 is 10.8 Å². The average Bonchev–Trinajstić information content (AvgIpc) is 2.57. The van der Waals surface area contributed by atoms with Gasteiger partial charge in [-0.2, -0.15) is 0 Å². The molecule has 2 aliphatic carbocycles. The van der Waals surface area contributed by atoms with Crippen molar-refractivity contribution < 1.29 is 9.90 Å². The van der Waals surface area contributed by atoms with E-state index in [9.17, 15) is 4.79 Å². The first kappa shape index (κ1) is 8.81. The number of aliphatic carboxylic acids is 1. The van der Waals surface area contributed by atoms with E-state index in [2.05, 4.69) is 0 Å². The molecule has 3 N–H and O–H groups in total. The van der Waals surface area contributed by atoms with Crippen molar-refractivity contribution in [2.24, 2.45) is 23.5 Å². The Bertz CT molecular complexity index is 185. The predicted octanol–water partition coefficient (Wildman–Crippen LogP) is 0.476. The lowest BCUT2D eigenvalue weighted by atomic mass is 10.2. The van der Waals surface area contributed by atoms with Gasteiger partial charge in [0.05, 0.1) is 5.92 Å². The normalized spacial score (nSPS) is 45.9. The quantitative estimate of drug-likeness (QED) is 0.645.